The van der Waals surface area contributed by atoms with E-state index in [4.69, 9.17) is 4.74 Å². The zero-order chi connectivity index (χ0) is 13.5. The van der Waals surface area contributed by atoms with E-state index in [9.17, 15) is 4.79 Å². The van der Waals surface area contributed by atoms with Crippen LogP contribution in [0.5, 0.6) is 5.75 Å². The number of benzene rings is 1. The molecule has 0 radical (unpaired) electrons. The maximum absolute atomic E-state index is 11.2. The minimum atomic E-state index is 0.0584. The van der Waals surface area contributed by atoms with Crippen molar-refractivity contribution in [3.63, 3.8) is 0 Å². The fourth-order valence-electron chi connectivity index (χ4n) is 1.66. The van der Waals surface area contributed by atoms with Gasteiger partial charge in [-0.1, -0.05) is 15.9 Å². The molecule has 5 heteroatoms. The zero-order valence-electron chi connectivity index (χ0n) is 11.0. The molecule has 1 N–H and O–H groups in total. The fourth-order valence-corrected chi connectivity index (χ4v) is 2.07. The maximum atomic E-state index is 11.2. The number of amides is 1. The van der Waals surface area contributed by atoms with Gasteiger partial charge in [-0.2, -0.15) is 0 Å². The Bertz CT molecular complexity index is 410. The molecule has 4 nitrogen and oxygen atoms in total. The van der Waals surface area contributed by atoms with Crippen LogP contribution in [0.2, 0.25) is 0 Å². The lowest BCUT2D eigenvalue weighted by Gasteiger charge is -2.18. The van der Waals surface area contributed by atoms with Gasteiger partial charge in [-0.3, -0.25) is 4.79 Å². The number of hydrogen-bond donors (Lipinski definition) is 1. The standard InChI is InChI=1S/C13H19BrN2O2/c1-15-13(17)6-7-16(2)9-10-8-11(14)4-5-12(10)18-3/h4-5,8H,6-7,9H2,1-3H3,(H,15,17). The summed E-state index contributed by atoms with van der Waals surface area (Å²) in [6.07, 6.45) is 0.503. The van der Waals surface area contributed by atoms with Gasteiger partial charge in [0.1, 0.15) is 5.75 Å². The molecular formula is C13H19BrN2O2. The lowest BCUT2D eigenvalue weighted by atomic mass is 10.2. The van der Waals surface area contributed by atoms with E-state index in [0.717, 1.165) is 28.9 Å². The zero-order valence-corrected chi connectivity index (χ0v) is 12.6. The Morgan fingerprint density at radius 2 is 2.22 bits per heavy atom. The molecule has 100 valence electrons. The first-order chi connectivity index (χ1) is 8.56. The molecule has 0 bridgehead atoms. The number of halogens is 1. The van der Waals surface area contributed by atoms with Gasteiger partial charge in [0.25, 0.3) is 0 Å². The average molecular weight is 315 g/mol. The predicted molar refractivity (Wildman–Crippen MR) is 75.7 cm³/mol. The molecule has 1 amide bonds. The second kappa shape index (κ2) is 7.38. The van der Waals surface area contributed by atoms with Crippen molar-refractivity contribution >= 4 is 21.8 Å². The summed E-state index contributed by atoms with van der Waals surface area (Å²) < 4.78 is 6.35. The highest BCUT2D eigenvalue weighted by atomic mass is 79.9. The van der Waals surface area contributed by atoms with Crippen LogP contribution in [0, 0.1) is 0 Å². The van der Waals surface area contributed by atoms with Crippen LogP contribution < -0.4 is 10.1 Å². The van der Waals surface area contributed by atoms with Crippen LogP contribution in [-0.2, 0) is 11.3 Å². The minimum Gasteiger partial charge on any atom is -0.496 e. The van der Waals surface area contributed by atoms with E-state index in [1.807, 2.05) is 25.2 Å². The first-order valence-electron chi connectivity index (χ1n) is 5.78. The number of methoxy groups -OCH3 is 1. The molecule has 0 aliphatic rings. The molecule has 1 rings (SSSR count). The Labute approximate surface area is 116 Å². The molecule has 0 heterocycles. The summed E-state index contributed by atoms with van der Waals surface area (Å²) in [5.41, 5.74) is 1.10. The normalized spacial score (nSPS) is 10.5. The van der Waals surface area contributed by atoms with Crippen molar-refractivity contribution in [2.24, 2.45) is 0 Å². The van der Waals surface area contributed by atoms with Crippen molar-refractivity contribution in [1.82, 2.24) is 10.2 Å². The number of ether oxygens (including phenoxy) is 1. The van der Waals surface area contributed by atoms with Gasteiger partial charge in [-0.05, 0) is 25.2 Å². The molecule has 0 aliphatic heterocycles. The van der Waals surface area contributed by atoms with Crippen molar-refractivity contribution < 1.29 is 9.53 Å². The fraction of sp³-hybridized carbons (Fsp3) is 0.462. The molecule has 0 atom stereocenters. The second-order valence-corrected chi connectivity index (χ2v) is 5.03. The summed E-state index contributed by atoms with van der Waals surface area (Å²) >= 11 is 3.45. The van der Waals surface area contributed by atoms with Gasteiger partial charge in [0.15, 0.2) is 0 Å². The third-order valence-electron chi connectivity index (χ3n) is 2.68. The number of nitrogens with one attached hydrogen (secondary N) is 1. The highest BCUT2D eigenvalue weighted by molar-refractivity contribution is 9.10. The van der Waals surface area contributed by atoms with E-state index in [1.165, 1.54) is 0 Å². The van der Waals surface area contributed by atoms with Gasteiger partial charge in [-0.25, -0.2) is 0 Å². The third-order valence-corrected chi connectivity index (χ3v) is 3.18. The Kier molecular flexibility index (Phi) is 6.15. The Hall–Kier alpha value is -1.07. The topological polar surface area (TPSA) is 41.6 Å². The molecule has 0 saturated heterocycles. The summed E-state index contributed by atoms with van der Waals surface area (Å²) in [4.78, 5) is 13.3. The predicted octanol–water partition coefficient (Wildman–Crippen LogP) is 2.03. The Morgan fingerprint density at radius 3 is 2.83 bits per heavy atom. The molecule has 1 aromatic carbocycles. The molecule has 0 aliphatic carbocycles. The van der Waals surface area contributed by atoms with Crippen molar-refractivity contribution in [2.45, 2.75) is 13.0 Å². The van der Waals surface area contributed by atoms with E-state index in [-0.39, 0.29) is 5.91 Å². The van der Waals surface area contributed by atoms with Crippen LogP contribution in [0.4, 0.5) is 0 Å². The van der Waals surface area contributed by atoms with E-state index in [0.29, 0.717) is 6.42 Å². The van der Waals surface area contributed by atoms with Crippen molar-refractivity contribution in [1.29, 1.82) is 0 Å². The highest BCUT2D eigenvalue weighted by Crippen LogP contribution is 2.23. The number of hydrogen-bond acceptors (Lipinski definition) is 3. The largest absolute Gasteiger partial charge is 0.496 e. The average Bonchev–Trinajstić information content (AvgIpc) is 2.36. The summed E-state index contributed by atoms with van der Waals surface area (Å²) in [5.74, 6) is 0.924. The smallest absolute Gasteiger partial charge is 0.221 e. The van der Waals surface area contributed by atoms with Crippen LogP contribution in [0.1, 0.15) is 12.0 Å². The van der Waals surface area contributed by atoms with Gasteiger partial charge in [0.05, 0.1) is 7.11 Å². The van der Waals surface area contributed by atoms with E-state index in [2.05, 4.69) is 26.1 Å². The summed E-state index contributed by atoms with van der Waals surface area (Å²) in [5, 5.41) is 2.62. The molecule has 0 unspecified atom stereocenters. The lowest BCUT2D eigenvalue weighted by molar-refractivity contribution is -0.120. The first kappa shape index (κ1) is 15.0. The van der Waals surface area contributed by atoms with E-state index < -0.39 is 0 Å². The van der Waals surface area contributed by atoms with E-state index in [1.54, 1.807) is 14.2 Å². The van der Waals surface area contributed by atoms with Gasteiger partial charge in [0.2, 0.25) is 5.91 Å². The number of carbonyl (C=O) groups is 1. The van der Waals surface area contributed by atoms with Crippen LogP contribution in [-0.4, -0.2) is 38.6 Å². The molecule has 1 aromatic rings. The van der Waals surface area contributed by atoms with Crippen LogP contribution >= 0.6 is 15.9 Å². The minimum absolute atomic E-state index is 0.0584. The lowest BCUT2D eigenvalue weighted by Crippen LogP contribution is -2.26. The quantitative estimate of drug-likeness (QED) is 0.873. The maximum Gasteiger partial charge on any atom is 0.221 e. The summed E-state index contributed by atoms with van der Waals surface area (Å²) in [7, 11) is 5.31. The van der Waals surface area contributed by atoms with Crippen LogP contribution in [0.25, 0.3) is 0 Å². The second-order valence-electron chi connectivity index (χ2n) is 4.12. The van der Waals surface area contributed by atoms with Crippen molar-refractivity contribution in [2.75, 3.05) is 27.7 Å². The Balaban J connectivity index is 2.60. The monoisotopic (exact) mass is 314 g/mol. The molecule has 0 saturated carbocycles. The molecule has 0 fully saturated rings. The highest BCUT2D eigenvalue weighted by Gasteiger charge is 2.08. The van der Waals surface area contributed by atoms with Crippen LogP contribution in [0.15, 0.2) is 22.7 Å². The third kappa shape index (κ3) is 4.66. The van der Waals surface area contributed by atoms with E-state index >= 15 is 0 Å². The molecule has 0 spiro atoms. The molecule has 18 heavy (non-hydrogen) atoms. The number of rotatable bonds is 6. The summed E-state index contributed by atoms with van der Waals surface area (Å²) in [6.45, 7) is 1.47. The SMILES string of the molecule is CNC(=O)CCN(C)Cc1cc(Br)ccc1OC. The summed E-state index contributed by atoms with van der Waals surface area (Å²) in [6, 6.07) is 5.92. The van der Waals surface area contributed by atoms with Crippen LogP contribution in [0.3, 0.4) is 0 Å². The first-order valence-corrected chi connectivity index (χ1v) is 6.57. The van der Waals surface area contributed by atoms with Gasteiger partial charge in [0, 0.05) is 36.6 Å². The van der Waals surface area contributed by atoms with Gasteiger partial charge in [-0.15, -0.1) is 0 Å². The number of carbonyl (C=O) groups excluding carboxylic acids is 1. The van der Waals surface area contributed by atoms with Crippen molar-refractivity contribution in [3.8, 4) is 5.75 Å². The number of nitrogens with zero attached hydrogens (tertiary/aromatic N) is 1. The Morgan fingerprint density at radius 1 is 1.50 bits per heavy atom. The molecule has 0 aromatic heterocycles. The van der Waals surface area contributed by atoms with Crippen molar-refractivity contribution in [3.05, 3.63) is 28.2 Å². The molecular weight excluding hydrogens is 296 g/mol. The van der Waals surface area contributed by atoms with Gasteiger partial charge < -0.3 is 15.0 Å². The van der Waals surface area contributed by atoms with Gasteiger partial charge >= 0.3 is 0 Å².